The smallest absolute Gasteiger partial charge is 0.356 e. The Hall–Kier alpha value is -3.61. The molecule has 0 amide bonds. The lowest BCUT2D eigenvalue weighted by Gasteiger charge is -2.07. The van der Waals surface area contributed by atoms with E-state index < -0.39 is 5.97 Å². The van der Waals surface area contributed by atoms with Crippen molar-refractivity contribution in [2.24, 2.45) is 0 Å². The van der Waals surface area contributed by atoms with Gasteiger partial charge in [0.25, 0.3) is 0 Å². The lowest BCUT2D eigenvalue weighted by molar-refractivity contribution is 0.0460. The number of rotatable bonds is 4. The van der Waals surface area contributed by atoms with Gasteiger partial charge in [-0.2, -0.15) is 5.10 Å². The lowest BCUT2D eigenvalue weighted by atomic mass is 10.1. The van der Waals surface area contributed by atoms with Crippen LogP contribution in [0.4, 0.5) is 4.39 Å². The van der Waals surface area contributed by atoms with Gasteiger partial charge in [-0.05, 0) is 49.4 Å². The number of hydrogen-bond acceptors (Lipinski definition) is 5. The van der Waals surface area contributed by atoms with Crippen molar-refractivity contribution in [2.45, 2.75) is 13.5 Å². The number of aryl methyl sites for hydroxylation is 1. The van der Waals surface area contributed by atoms with E-state index in [2.05, 4.69) is 20.2 Å². The summed E-state index contributed by atoms with van der Waals surface area (Å²) in [6, 6.07) is 14.9. The average Bonchev–Trinajstić information content (AvgIpc) is 3.17. The summed E-state index contributed by atoms with van der Waals surface area (Å²) in [6.07, 6.45) is 0. The third-order valence-corrected chi connectivity index (χ3v) is 4.12. The van der Waals surface area contributed by atoms with E-state index in [0.29, 0.717) is 22.6 Å². The van der Waals surface area contributed by atoms with E-state index in [9.17, 15) is 9.18 Å². The van der Waals surface area contributed by atoms with Crippen LogP contribution in [0.1, 0.15) is 21.9 Å². The third-order valence-electron chi connectivity index (χ3n) is 4.12. The average molecular weight is 362 g/mol. The molecule has 2 aromatic carbocycles. The summed E-state index contributed by atoms with van der Waals surface area (Å²) in [5.41, 5.74) is 4.28. The summed E-state index contributed by atoms with van der Waals surface area (Å²) in [4.78, 5) is 21.3. The highest BCUT2D eigenvalue weighted by molar-refractivity contribution is 5.88. The first-order valence-corrected chi connectivity index (χ1v) is 8.31. The molecule has 6 nitrogen and oxygen atoms in total. The zero-order chi connectivity index (χ0) is 18.8. The Morgan fingerprint density at radius 2 is 1.78 bits per heavy atom. The minimum Gasteiger partial charge on any atom is -0.454 e. The molecule has 0 bridgehead atoms. The predicted molar refractivity (Wildman–Crippen MR) is 97.4 cm³/mol. The summed E-state index contributed by atoms with van der Waals surface area (Å²) in [7, 11) is 0. The number of nitrogens with zero attached hydrogens (tertiary/aromatic N) is 3. The van der Waals surface area contributed by atoms with Crippen molar-refractivity contribution in [3.63, 3.8) is 0 Å². The maximum atomic E-state index is 13.0. The molecule has 0 unspecified atom stereocenters. The van der Waals surface area contributed by atoms with Crippen molar-refractivity contribution in [3.05, 3.63) is 77.5 Å². The van der Waals surface area contributed by atoms with Crippen LogP contribution in [0.15, 0.2) is 54.6 Å². The molecule has 0 aliphatic rings. The molecule has 0 aliphatic carbocycles. The van der Waals surface area contributed by atoms with Crippen molar-refractivity contribution >= 4 is 17.0 Å². The Morgan fingerprint density at radius 1 is 1.07 bits per heavy atom. The van der Waals surface area contributed by atoms with Crippen LogP contribution >= 0.6 is 0 Å². The Bertz CT molecular complexity index is 1120. The molecule has 7 heteroatoms. The Balaban J connectivity index is 1.48. The maximum absolute atomic E-state index is 13.0. The number of carbonyl (C=O) groups excluding carboxylic acids is 1. The number of hydrogen-bond donors (Lipinski definition) is 1. The molecule has 0 saturated heterocycles. The molecule has 2 aromatic heterocycles. The summed E-state index contributed by atoms with van der Waals surface area (Å²) >= 11 is 0. The van der Waals surface area contributed by atoms with Crippen LogP contribution in [0.2, 0.25) is 0 Å². The molecule has 2 heterocycles. The van der Waals surface area contributed by atoms with Crippen LogP contribution in [0.3, 0.4) is 0 Å². The number of esters is 1. The van der Waals surface area contributed by atoms with Crippen molar-refractivity contribution in [1.29, 1.82) is 0 Å². The Morgan fingerprint density at radius 3 is 2.52 bits per heavy atom. The monoisotopic (exact) mass is 362 g/mol. The predicted octanol–water partition coefficient (Wildman–Crippen LogP) is 3.82. The second-order valence-electron chi connectivity index (χ2n) is 5.99. The zero-order valence-corrected chi connectivity index (χ0v) is 14.4. The van der Waals surface area contributed by atoms with Gasteiger partial charge in [-0.15, -0.1) is 0 Å². The minimum atomic E-state index is -0.551. The molecule has 0 aliphatic heterocycles. The second kappa shape index (κ2) is 6.95. The first-order chi connectivity index (χ1) is 13.1. The molecule has 4 aromatic rings. The Kier molecular flexibility index (Phi) is 4.33. The van der Waals surface area contributed by atoms with Gasteiger partial charge >= 0.3 is 5.97 Å². The van der Waals surface area contributed by atoms with Crippen LogP contribution < -0.4 is 0 Å². The number of para-hydroxylation sites is 2. The maximum Gasteiger partial charge on any atom is 0.356 e. The number of nitrogens with one attached hydrogen (secondary N) is 1. The highest BCUT2D eigenvalue weighted by atomic mass is 19.1. The molecule has 134 valence electrons. The number of ether oxygens (including phenoxy) is 1. The molecule has 1 N–H and O–H groups in total. The van der Waals surface area contributed by atoms with Crippen molar-refractivity contribution in [3.8, 4) is 11.3 Å². The zero-order valence-electron chi connectivity index (χ0n) is 14.4. The van der Waals surface area contributed by atoms with Crippen molar-refractivity contribution < 1.29 is 13.9 Å². The van der Waals surface area contributed by atoms with Crippen LogP contribution in [0.25, 0.3) is 22.3 Å². The highest BCUT2D eigenvalue weighted by Crippen LogP contribution is 2.19. The van der Waals surface area contributed by atoms with Gasteiger partial charge in [0.05, 0.1) is 28.1 Å². The van der Waals surface area contributed by atoms with Gasteiger partial charge in [0, 0.05) is 5.56 Å². The van der Waals surface area contributed by atoms with E-state index >= 15 is 0 Å². The van der Waals surface area contributed by atoms with E-state index in [1.54, 1.807) is 18.2 Å². The molecule has 0 saturated carbocycles. The van der Waals surface area contributed by atoms with Gasteiger partial charge in [0.1, 0.15) is 18.1 Å². The number of benzene rings is 2. The second-order valence-corrected chi connectivity index (χ2v) is 5.99. The summed E-state index contributed by atoms with van der Waals surface area (Å²) in [6.45, 7) is 1.83. The fraction of sp³-hybridized carbons (Fsp3) is 0.100. The topological polar surface area (TPSA) is 80.8 Å². The van der Waals surface area contributed by atoms with Gasteiger partial charge < -0.3 is 4.74 Å². The van der Waals surface area contributed by atoms with E-state index in [1.165, 1.54) is 12.1 Å². The molecule has 0 atom stereocenters. The SMILES string of the molecule is Cc1nc2ccccc2nc1COC(=O)c1cc(-c2ccc(F)cc2)n[nH]1. The molecule has 0 spiro atoms. The molecule has 4 rings (SSSR count). The molecule has 0 fully saturated rings. The number of fused-ring (bicyclic) bond motifs is 1. The van der Waals surface area contributed by atoms with Crippen LogP contribution in [0.5, 0.6) is 0 Å². The lowest BCUT2D eigenvalue weighted by Crippen LogP contribution is -2.08. The normalized spacial score (nSPS) is 10.9. The molecular weight excluding hydrogens is 347 g/mol. The van der Waals surface area contributed by atoms with Crippen molar-refractivity contribution in [2.75, 3.05) is 0 Å². The van der Waals surface area contributed by atoms with E-state index in [4.69, 9.17) is 4.74 Å². The van der Waals surface area contributed by atoms with Gasteiger partial charge in [0.15, 0.2) is 0 Å². The molecule has 27 heavy (non-hydrogen) atoms. The third kappa shape index (κ3) is 3.52. The highest BCUT2D eigenvalue weighted by Gasteiger charge is 2.14. The summed E-state index contributed by atoms with van der Waals surface area (Å²) < 4.78 is 18.4. The molecule has 0 radical (unpaired) electrons. The fourth-order valence-corrected chi connectivity index (χ4v) is 2.67. The number of aromatic nitrogens is 4. The van der Waals surface area contributed by atoms with Gasteiger partial charge in [-0.25, -0.2) is 19.2 Å². The van der Waals surface area contributed by atoms with Gasteiger partial charge in [-0.3, -0.25) is 5.10 Å². The summed E-state index contributed by atoms with van der Waals surface area (Å²) in [5.74, 6) is -0.883. The Labute approximate surface area is 154 Å². The number of carbonyl (C=O) groups is 1. The van der Waals surface area contributed by atoms with Crippen molar-refractivity contribution in [1.82, 2.24) is 20.2 Å². The van der Waals surface area contributed by atoms with E-state index in [-0.39, 0.29) is 18.1 Å². The van der Waals surface area contributed by atoms with E-state index in [1.807, 2.05) is 31.2 Å². The van der Waals surface area contributed by atoms with Crippen LogP contribution in [-0.2, 0) is 11.3 Å². The first-order valence-electron chi connectivity index (χ1n) is 8.31. The minimum absolute atomic E-state index is 0.00734. The van der Waals surface area contributed by atoms with Crippen LogP contribution in [0, 0.1) is 12.7 Å². The largest absolute Gasteiger partial charge is 0.454 e. The number of halogens is 1. The number of H-pyrrole nitrogens is 1. The van der Waals surface area contributed by atoms with Crippen LogP contribution in [-0.4, -0.2) is 26.1 Å². The van der Waals surface area contributed by atoms with Gasteiger partial charge in [-0.1, -0.05) is 12.1 Å². The summed E-state index contributed by atoms with van der Waals surface area (Å²) in [5, 5.41) is 6.72. The quantitative estimate of drug-likeness (QED) is 0.558. The standard InChI is InChI=1S/C20H15FN4O2/c1-12-19(23-16-5-3-2-4-15(16)22-12)11-27-20(26)18-10-17(24-25-18)13-6-8-14(21)9-7-13/h2-10H,11H2,1H3,(H,24,25). The van der Waals surface area contributed by atoms with E-state index in [0.717, 1.165) is 11.0 Å². The number of aromatic amines is 1. The molecular formula is C20H15FN4O2. The fourth-order valence-electron chi connectivity index (χ4n) is 2.67. The van der Waals surface area contributed by atoms with Gasteiger partial charge in [0.2, 0.25) is 0 Å². The first kappa shape index (κ1) is 16.8.